The van der Waals surface area contributed by atoms with Crippen LogP contribution < -0.4 is 5.84 Å². The lowest BCUT2D eigenvalue weighted by Crippen LogP contribution is -2.59. The van der Waals surface area contributed by atoms with Gasteiger partial charge in [-0.3, -0.25) is 14.4 Å². The smallest absolute Gasteiger partial charge is 0.303 e. The van der Waals surface area contributed by atoms with Gasteiger partial charge in [-0.15, -0.1) is 12.4 Å². The molecule has 0 aromatic heterocycles. The zero-order chi connectivity index (χ0) is 20.9. The Morgan fingerprint density at radius 3 is 2.50 bits per heavy atom. The van der Waals surface area contributed by atoms with Gasteiger partial charge >= 0.3 is 5.97 Å². The lowest BCUT2D eigenvalue weighted by Gasteiger charge is -2.47. The number of benzene rings is 1. The van der Waals surface area contributed by atoms with Crippen molar-refractivity contribution in [1.29, 1.82) is 0 Å². The highest BCUT2D eigenvalue weighted by atomic mass is 35.5. The van der Waals surface area contributed by atoms with Gasteiger partial charge in [0.2, 0.25) is 5.91 Å². The molecule has 0 aliphatic carbocycles. The van der Waals surface area contributed by atoms with E-state index in [1.165, 1.54) is 6.21 Å². The van der Waals surface area contributed by atoms with Crippen LogP contribution in [0.25, 0.3) is 0 Å². The van der Waals surface area contributed by atoms with Crippen molar-refractivity contribution in [3.05, 3.63) is 35.4 Å². The number of morpholine rings is 1. The number of halogens is 1. The fraction of sp³-hybridized carbons (Fsp3) is 0.500. The highest BCUT2D eigenvalue weighted by Crippen LogP contribution is 2.31. The van der Waals surface area contributed by atoms with Crippen molar-refractivity contribution in [2.75, 3.05) is 32.8 Å². The topological polar surface area (TPSA) is 126 Å². The first-order chi connectivity index (χ1) is 13.9. The number of nitrogens with two attached hydrogens (primary N) is 1. The molecule has 2 aliphatic rings. The molecule has 30 heavy (non-hydrogen) atoms. The average Bonchev–Trinajstić information content (AvgIpc) is 2.71. The molecule has 3 rings (SSSR count). The molecular formula is C20H27ClN4O5. The van der Waals surface area contributed by atoms with Gasteiger partial charge in [-0.25, -0.2) is 0 Å². The Morgan fingerprint density at radius 1 is 1.23 bits per heavy atom. The number of hydrogen-bond donors (Lipinski definition) is 2. The summed E-state index contributed by atoms with van der Waals surface area (Å²) in [7, 11) is 0. The Bertz CT molecular complexity index is 791. The third kappa shape index (κ3) is 5.70. The number of carbonyl (C=O) groups is 3. The summed E-state index contributed by atoms with van der Waals surface area (Å²) < 4.78 is 5.88. The van der Waals surface area contributed by atoms with Crippen LogP contribution in [0.4, 0.5) is 0 Å². The Labute approximate surface area is 181 Å². The van der Waals surface area contributed by atoms with Crippen LogP contribution in [0.3, 0.4) is 0 Å². The Hall–Kier alpha value is -2.65. The number of likely N-dealkylation sites (tertiary alicyclic amines) is 1. The number of piperidine rings is 1. The quantitative estimate of drug-likeness (QED) is 0.389. The molecule has 2 heterocycles. The lowest BCUT2D eigenvalue weighted by atomic mass is 9.88. The van der Waals surface area contributed by atoms with Crippen molar-refractivity contribution in [3.8, 4) is 0 Å². The third-order valence-corrected chi connectivity index (χ3v) is 5.50. The molecule has 0 atom stereocenters. The first-order valence-electron chi connectivity index (χ1n) is 9.69. The molecule has 9 nitrogen and oxygen atoms in total. The van der Waals surface area contributed by atoms with Crippen LogP contribution in [0.2, 0.25) is 0 Å². The fourth-order valence-corrected chi connectivity index (χ4v) is 3.81. The molecule has 2 saturated heterocycles. The first kappa shape index (κ1) is 23.6. The van der Waals surface area contributed by atoms with Gasteiger partial charge in [-0.1, -0.05) is 12.1 Å². The second-order valence-electron chi connectivity index (χ2n) is 7.48. The van der Waals surface area contributed by atoms with Crippen LogP contribution in [0, 0.1) is 0 Å². The van der Waals surface area contributed by atoms with Gasteiger partial charge in [-0.2, -0.15) is 5.10 Å². The molecule has 0 saturated carbocycles. The van der Waals surface area contributed by atoms with E-state index in [1.807, 2.05) is 0 Å². The molecule has 164 valence electrons. The second kappa shape index (κ2) is 10.4. The summed E-state index contributed by atoms with van der Waals surface area (Å²) in [5.41, 5.74) is 0.963. The number of ether oxygens (including phenoxy) is 1. The van der Waals surface area contributed by atoms with Gasteiger partial charge in [-0.05, 0) is 37.0 Å². The zero-order valence-corrected chi connectivity index (χ0v) is 17.5. The van der Waals surface area contributed by atoms with Crippen LogP contribution in [0.5, 0.6) is 0 Å². The first-order valence-corrected chi connectivity index (χ1v) is 9.69. The summed E-state index contributed by atoms with van der Waals surface area (Å²) in [5.74, 6) is 4.12. The van der Waals surface area contributed by atoms with Crippen molar-refractivity contribution in [2.24, 2.45) is 10.9 Å². The van der Waals surface area contributed by atoms with Gasteiger partial charge in [0.25, 0.3) is 5.91 Å². The molecule has 2 amide bonds. The maximum atomic E-state index is 12.8. The molecule has 10 heteroatoms. The standard InChI is InChI=1S/C20H26N4O5.ClH/c21-22-12-15-3-5-16(6-4-15)19(28)23-10-7-20(8-11-23)14-24(17(25)13-29-20)9-1-2-18(26)27;/h3-6,12H,1-2,7-11,13-14,21H2,(H,26,27);1H. The highest BCUT2D eigenvalue weighted by Gasteiger charge is 2.42. The van der Waals surface area contributed by atoms with E-state index >= 15 is 0 Å². The van der Waals surface area contributed by atoms with Gasteiger partial charge in [0.15, 0.2) is 0 Å². The SMILES string of the molecule is Cl.NN=Cc1ccc(C(=O)N2CCC3(CC2)CN(CCCC(=O)O)C(=O)CO3)cc1. The van der Waals surface area contributed by atoms with E-state index in [0.717, 1.165) is 5.56 Å². The van der Waals surface area contributed by atoms with Gasteiger partial charge in [0.1, 0.15) is 6.61 Å². The Balaban J connectivity index is 0.00000320. The summed E-state index contributed by atoms with van der Waals surface area (Å²) in [6.45, 7) is 1.95. The number of nitrogens with zero attached hydrogens (tertiary/aromatic N) is 3. The van der Waals surface area contributed by atoms with Crippen LogP contribution in [0.1, 0.15) is 41.6 Å². The monoisotopic (exact) mass is 438 g/mol. The van der Waals surface area contributed by atoms with Gasteiger partial charge in [0.05, 0.1) is 11.8 Å². The molecule has 0 radical (unpaired) electrons. The molecule has 2 fully saturated rings. The maximum Gasteiger partial charge on any atom is 0.303 e. The van der Waals surface area contributed by atoms with Crippen LogP contribution in [-0.4, -0.2) is 77.3 Å². The number of carbonyl (C=O) groups excluding carboxylic acids is 2. The van der Waals surface area contributed by atoms with E-state index in [0.29, 0.717) is 51.0 Å². The van der Waals surface area contributed by atoms with Crippen molar-refractivity contribution >= 4 is 36.4 Å². The van der Waals surface area contributed by atoms with Crippen LogP contribution >= 0.6 is 12.4 Å². The van der Waals surface area contributed by atoms with E-state index < -0.39 is 11.6 Å². The fourth-order valence-electron chi connectivity index (χ4n) is 3.81. The summed E-state index contributed by atoms with van der Waals surface area (Å²) in [6.07, 6.45) is 3.25. The number of carboxylic acid groups (broad SMARTS) is 1. The molecule has 0 unspecified atom stereocenters. The molecular weight excluding hydrogens is 412 g/mol. The van der Waals surface area contributed by atoms with Crippen molar-refractivity contribution in [2.45, 2.75) is 31.3 Å². The van der Waals surface area contributed by atoms with E-state index in [1.54, 1.807) is 34.1 Å². The number of aliphatic carboxylic acids is 1. The summed E-state index contributed by atoms with van der Waals surface area (Å²) in [5, 5.41) is 12.3. The average molecular weight is 439 g/mol. The number of carboxylic acids is 1. The van der Waals surface area contributed by atoms with Gasteiger partial charge < -0.3 is 25.5 Å². The number of rotatable bonds is 6. The predicted molar refractivity (Wildman–Crippen MR) is 113 cm³/mol. The van der Waals surface area contributed by atoms with E-state index in [-0.39, 0.29) is 37.2 Å². The summed E-state index contributed by atoms with van der Waals surface area (Å²) >= 11 is 0. The van der Waals surface area contributed by atoms with Gasteiger partial charge in [0, 0.05) is 38.2 Å². The summed E-state index contributed by atoms with van der Waals surface area (Å²) in [4.78, 5) is 39.1. The minimum Gasteiger partial charge on any atom is -0.481 e. The zero-order valence-electron chi connectivity index (χ0n) is 16.7. The molecule has 0 bridgehead atoms. The minimum atomic E-state index is -0.865. The van der Waals surface area contributed by atoms with Crippen LogP contribution in [-0.2, 0) is 14.3 Å². The number of amides is 2. The summed E-state index contributed by atoms with van der Waals surface area (Å²) in [6, 6.07) is 7.09. The maximum absolute atomic E-state index is 12.8. The number of hydrazone groups is 1. The lowest BCUT2D eigenvalue weighted by molar-refractivity contribution is -0.170. The molecule has 3 N–H and O–H groups in total. The van der Waals surface area contributed by atoms with E-state index in [4.69, 9.17) is 15.7 Å². The normalized spacial score (nSPS) is 18.5. The van der Waals surface area contributed by atoms with Crippen molar-refractivity contribution in [3.63, 3.8) is 0 Å². The molecule has 1 aromatic rings. The molecule has 1 aromatic carbocycles. The predicted octanol–water partition coefficient (Wildman–Crippen LogP) is 1.10. The van der Waals surface area contributed by atoms with E-state index in [9.17, 15) is 14.4 Å². The largest absolute Gasteiger partial charge is 0.481 e. The molecule has 1 spiro atoms. The van der Waals surface area contributed by atoms with E-state index in [2.05, 4.69) is 5.10 Å². The molecule has 2 aliphatic heterocycles. The number of hydrogen-bond acceptors (Lipinski definition) is 6. The second-order valence-corrected chi connectivity index (χ2v) is 7.48. The Morgan fingerprint density at radius 2 is 1.90 bits per heavy atom. The Kier molecular flexibility index (Phi) is 8.19. The van der Waals surface area contributed by atoms with Crippen molar-refractivity contribution in [1.82, 2.24) is 9.80 Å². The minimum absolute atomic E-state index is 0. The van der Waals surface area contributed by atoms with Crippen LogP contribution in [0.15, 0.2) is 29.4 Å². The van der Waals surface area contributed by atoms with Crippen molar-refractivity contribution < 1.29 is 24.2 Å². The third-order valence-electron chi connectivity index (χ3n) is 5.50. The highest BCUT2D eigenvalue weighted by molar-refractivity contribution is 5.95.